The van der Waals surface area contributed by atoms with Crippen molar-refractivity contribution in [3.05, 3.63) is 24.3 Å². The number of rotatable bonds is 6. The average molecular weight is 342 g/mol. The zero-order valence-corrected chi connectivity index (χ0v) is 12.4. The van der Waals surface area contributed by atoms with E-state index in [1.165, 1.54) is 24.3 Å². The smallest absolute Gasteiger partial charge is 0.387 e. The van der Waals surface area contributed by atoms with Crippen molar-refractivity contribution in [1.29, 1.82) is 0 Å². The number of anilines is 3. The van der Waals surface area contributed by atoms with E-state index in [0.29, 0.717) is 5.69 Å². The molecule has 1 aromatic carbocycles. The summed E-state index contributed by atoms with van der Waals surface area (Å²) in [5.74, 6) is -0.387. The Morgan fingerprint density at radius 1 is 1.17 bits per heavy atom. The fraction of sp³-hybridized carbons (Fsp3) is 0.167. The number of thioether (sulfide) groups is 1. The lowest BCUT2D eigenvalue weighted by molar-refractivity contribution is -0.113. The van der Waals surface area contributed by atoms with Gasteiger partial charge in [0.25, 0.3) is 0 Å². The number of hydrogen-bond donors (Lipinski definition) is 3. The molecule has 5 N–H and O–H groups in total. The van der Waals surface area contributed by atoms with Crippen molar-refractivity contribution >= 4 is 35.3 Å². The van der Waals surface area contributed by atoms with E-state index < -0.39 is 6.61 Å². The summed E-state index contributed by atoms with van der Waals surface area (Å²) in [6, 6.07) is 5.53. The number of nitrogens with one attached hydrogen (secondary N) is 1. The van der Waals surface area contributed by atoms with Crippen LogP contribution in [0.2, 0.25) is 0 Å². The predicted octanol–water partition coefficient (Wildman–Crippen LogP) is 1.37. The molecule has 2 rings (SSSR count). The third kappa shape index (κ3) is 5.54. The summed E-state index contributed by atoms with van der Waals surface area (Å²) < 4.78 is 28.2. The van der Waals surface area contributed by atoms with Crippen LogP contribution in [-0.2, 0) is 4.79 Å². The Bertz CT molecular complexity index is 666. The molecule has 0 saturated carbocycles. The molecule has 0 fully saturated rings. The van der Waals surface area contributed by atoms with Crippen LogP contribution in [-0.4, -0.2) is 33.2 Å². The highest BCUT2D eigenvalue weighted by Gasteiger charge is 2.08. The van der Waals surface area contributed by atoms with Gasteiger partial charge in [0, 0.05) is 5.69 Å². The molecular formula is C12H12F2N6O2S. The first kappa shape index (κ1) is 16.7. The summed E-state index contributed by atoms with van der Waals surface area (Å²) in [4.78, 5) is 23.1. The van der Waals surface area contributed by atoms with Gasteiger partial charge < -0.3 is 21.5 Å². The third-order valence-corrected chi connectivity index (χ3v) is 3.19. The van der Waals surface area contributed by atoms with Crippen LogP contribution in [0.1, 0.15) is 0 Å². The van der Waals surface area contributed by atoms with E-state index in [-0.39, 0.29) is 34.5 Å². The number of carbonyl (C=O) groups is 1. The first-order chi connectivity index (χ1) is 10.9. The summed E-state index contributed by atoms with van der Waals surface area (Å²) in [5, 5.41) is 2.81. The Labute approximate surface area is 133 Å². The zero-order chi connectivity index (χ0) is 16.8. The number of amides is 1. The molecule has 1 aromatic heterocycles. The molecule has 11 heteroatoms. The van der Waals surface area contributed by atoms with Crippen LogP contribution in [0.25, 0.3) is 0 Å². The fourth-order valence-electron chi connectivity index (χ4n) is 1.50. The minimum absolute atomic E-state index is 0.00325. The molecule has 0 atom stereocenters. The number of benzene rings is 1. The maximum Gasteiger partial charge on any atom is 0.387 e. The highest BCUT2D eigenvalue weighted by molar-refractivity contribution is 7.99. The first-order valence-corrected chi connectivity index (χ1v) is 7.15. The fourth-order valence-corrected chi connectivity index (χ4v) is 2.15. The Balaban J connectivity index is 1.87. The van der Waals surface area contributed by atoms with Gasteiger partial charge in [0.1, 0.15) is 5.75 Å². The summed E-state index contributed by atoms with van der Waals surface area (Å²) in [6.45, 7) is -2.90. The van der Waals surface area contributed by atoms with Crippen LogP contribution in [0.4, 0.5) is 26.4 Å². The molecule has 0 aliphatic rings. The Kier molecular flexibility index (Phi) is 5.46. The second kappa shape index (κ2) is 7.54. The quantitative estimate of drug-likeness (QED) is 0.671. The van der Waals surface area contributed by atoms with E-state index in [1.54, 1.807) is 0 Å². The molecule has 122 valence electrons. The van der Waals surface area contributed by atoms with Crippen molar-refractivity contribution in [2.75, 3.05) is 22.5 Å². The van der Waals surface area contributed by atoms with Gasteiger partial charge in [-0.3, -0.25) is 4.79 Å². The van der Waals surface area contributed by atoms with Gasteiger partial charge in [-0.05, 0) is 24.3 Å². The van der Waals surface area contributed by atoms with Crippen LogP contribution in [0.3, 0.4) is 0 Å². The monoisotopic (exact) mass is 342 g/mol. The number of aromatic nitrogens is 3. The zero-order valence-electron chi connectivity index (χ0n) is 11.6. The molecule has 23 heavy (non-hydrogen) atoms. The minimum Gasteiger partial charge on any atom is -0.435 e. The van der Waals surface area contributed by atoms with Gasteiger partial charge in [-0.15, -0.1) is 0 Å². The second-order valence-electron chi connectivity index (χ2n) is 4.07. The number of ether oxygens (including phenoxy) is 1. The normalized spacial score (nSPS) is 10.6. The molecule has 0 aliphatic heterocycles. The molecule has 1 heterocycles. The van der Waals surface area contributed by atoms with Crippen molar-refractivity contribution in [3.63, 3.8) is 0 Å². The number of nitrogen functional groups attached to an aromatic ring is 2. The standard InChI is InChI=1S/C12H12F2N6O2S/c13-9(14)22-7-3-1-6(2-4-7)17-8(21)5-23-12-19-10(15)18-11(16)20-12/h1-4,9H,5H2,(H,17,21)(H4,15,16,18,19,20). The Morgan fingerprint density at radius 2 is 1.78 bits per heavy atom. The molecule has 2 aromatic rings. The molecule has 0 unspecified atom stereocenters. The van der Waals surface area contributed by atoms with Crippen molar-refractivity contribution in [1.82, 2.24) is 15.0 Å². The largest absolute Gasteiger partial charge is 0.435 e. The van der Waals surface area contributed by atoms with Crippen LogP contribution < -0.4 is 21.5 Å². The topological polar surface area (TPSA) is 129 Å². The Hall–Kier alpha value is -2.69. The second-order valence-corrected chi connectivity index (χ2v) is 5.02. The SMILES string of the molecule is Nc1nc(N)nc(SCC(=O)Nc2ccc(OC(F)F)cc2)n1. The van der Waals surface area contributed by atoms with Crippen LogP contribution in [0.15, 0.2) is 29.4 Å². The average Bonchev–Trinajstić information content (AvgIpc) is 2.46. The summed E-state index contributed by atoms with van der Waals surface area (Å²) in [5.41, 5.74) is 11.3. The summed E-state index contributed by atoms with van der Waals surface area (Å²) in [6.07, 6.45) is 0. The number of carbonyl (C=O) groups excluding carboxylic acids is 1. The number of nitrogens with two attached hydrogens (primary N) is 2. The number of alkyl halides is 2. The number of halogens is 2. The van der Waals surface area contributed by atoms with Gasteiger partial charge >= 0.3 is 6.61 Å². The molecule has 0 saturated heterocycles. The number of nitrogens with zero attached hydrogens (tertiary/aromatic N) is 3. The van der Waals surface area contributed by atoms with Crippen molar-refractivity contribution < 1.29 is 18.3 Å². The van der Waals surface area contributed by atoms with E-state index in [9.17, 15) is 13.6 Å². The van der Waals surface area contributed by atoms with Crippen molar-refractivity contribution in [2.45, 2.75) is 11.8 Å². The van der Waals surface area contributed by atoms with E-state index in [2.05, 4.69) is 25.0 Å². The van der Waals surface area contributed by atoms with Crippen LogP contribution in [0.5, 0.6) is 5.75 Å². The summed E-state index contributed by atoms with van der Waals surface area (Å²) in [7, 11) is 0. The minimum atomic E-state index is -2.90. The molecule has 0 radical (unpaired) electrons. The highest BCUT2D eigenvalue weighted by Crippen LogP contribution is 2.19. The lowest BCUT2D eigenvalue weighted by Gasteiger charge is -2.07. The predicted molar refractivity (Wildman–Crippen MR) is 81.1 cm³/mol. The maximum absolute atomic E-state index is 12.0. The van der Waals surface area contributed by atoms with Gasteiger partial charge in [-0.1, -0.05) is 11.8 Å². The number of hydrogen-bond acceptors (Lipinski definition) is 8. The maximum atomic E-state index is 12.0. The van der Waals surface area contributed by atoms with Crippen molar-refractivity contribution in [3.8, 4) is 5.75 Å². The first-order valence-electron chi connectivity index (χ1n) is 6.17. The van der Waals surface area contributed by atoms with E-state index in [1.807, 2.05) is 0 Å². The molecule has 1 amide bonds. The van der Waals surface area contributed by atoms with Gasteiger partial charge in [0.2, 0.25) is 17.8 Å². The highest BCUT2D eigenvalue weighted by atomic mass is 32.2. The molecule has 0 bridgehead atoms. The van der Waals surface area contributed by atoms with Crippen LogP contribution >= 0.6 is 11.8 Å². The summed E-state index contributed by atoms with van der Waals surface area (Å²) >= 11 is 1.03. The van der Waals surface area contributed by atoms with Gasteiger partial charge in [-0.2, -0.15) is 23.7 Å². The van der Waals surface area contributed by atoms with E-state index >= 15 is 0 Å². The molecule has 0 spiro atoms. The van der Waals surface area contributed by atoms with E-state index in [4.69, 9.17) is 11.5 Å². The molecular weight excluding hydrogens is 330 g/mol. The van der Waals surface area contributed by atoms with Crippen LogP contribution in [0, 0.1) is 0 Å². The van der Waals surface area contributed by atoms with E-state index in [0.717, 1.165) is 11.8 Å². The lowest BCUT2D eigenvalue weighted by atomic mass is 10.3. The van der Waals surface area contributed by atoms with Gasteiger partial charge in [0.15, 0.2) is 5.16 Å². The van der Waals surface area contributed by atoms with Crippen molar-refractivity contribution in [2.24, 2.45) is 0 Å². The van der Waals surface area contributed by atoms with Gasteiger partial charge in [0.05, 0.1) is 5.75 Å². The molecule has 8 nitrogen and oxygen atoms in total. The molecule has 0 aliphatic carbocycles. The third-order valence-electron chi connectivity index (χ3n) is 2.35. The van der Waals surface area contributed by atoms with Gasteiger partial charge in [-0.25, -0.2) is 0 Å². The lowest BCUT2D eigenvalue weighted by Crippen LogP contribution is -2.14. The Morgan fingerprint density at radius 3 is 2.35 bits per heavy atom.